The van der Waals surface area contributed by atoms with Crippen LogP contribution < -0.4 is 0 Å². The smallest absolute Gasteiger partial charge is 0.329 e. The van der Waals surface area contributed by atoms with Crippen molar-refractivity contribution in [2.45, 2.75) is 6.04 Å². The van der Waals surface area contributed by atoms with Gasteiger partial charge in [0.1, 0.15) is 6.04 Å². The zero-order chi connectivity index (χ0) is 14.0. The molecule has 0 aromatic heterocycles. The highest BCUT2D eigenvalue weighted by molar-refractivity contribution is 7.98. The molecule has 1 atom stereocenters. The van der Waals surface area contributed by atoms with E-state index in [4.69, 9.17) is 0 Å². The van der Waals surface area contributed by atoms with E-state index in [1.165, 1.54) is 18.9 Å². The molecule has 0 saturated carbocycles. The number of amides is 2. The van der Waals surface area contributed by atoms with Gasteiger partial charge in [0.05, 0.1) is 18.2 Å². The van der Waals surface area contributed by atoms with Crippen LogP contribution in [0.1, 0.15) is 20.7 Å². The molecule has 2 amide bonds. The molecule has 2 rings (SSSR count). The Kier molecular flexibility index (Phi) is 3.90. The first-order valence-electron chi connectivity index (χ1n) is 5.65. The second-order valence-electron chi connectivity index (χ2n) is 4.02. The maximum Gasteiger partial charge on any atom is 0.329 e. The monoisotopic (exact) mass is 279 g/mol. The highest BCUT2D eigenvalue weighted by Crippen LogP contribution is 2.25. The van der Waals surface area contributed by atoms with Gasteiger partial charge in [0.2, 0.25) is 0 Å². The number of carbonyl (C=O) groups is 3. The van der Waals surface area contributed by atoms with E-state index in [2.05, 4.69) is 4.74 Å². The molecule has 0 fully saturated rings. The summed E-state index contributed by atoms with van der Waals surface area (Å²) in [5.41, 5.74) is 0.671. The number of benzene rings is 1. The average Bonchev–Trinajstić information content (AvgIpc) is 2.68. The quantitative estimate of drug-likeness (QED) is 0.612. The molecule has 1 heterocycles. The van der Waals surface area contributed by atoms with Gasteiger partial charge in [-0.2, -0.15) is 11.8 Å². The number of ether oxygens (including phenoxy) is 1. The molecule has 1 aliphatic heterocycles. The van der Waals surface area contributed by atoms with Crippen molar-refractivity contribution in [1.29, 1.82) is 0 Å². The molecule has 0 spiro atoms. The van der Waals surface area contributed by atoms with Gasteiger partial charge in [-0.3, -0.25) is 14.5 Å². The first kappa shape index (κ1) is 13.6. The molecule has 0 N–H and O–H groups in total. The molecule has 100 valence electrons. The van der Waals surface area contributed by atoms with E-state index in [9.17, 15) is 14.4 Å². The fraction of sp³-hybridized carbons (Fsp3) is 0.308. The lowest BCUT2D eigenvalue weighted by atomic mass is 10.1. The summed E-state index contributed by atoms with van der Waals surface area (Å²) >= 11 is 1.38. The molecule has 0 radical (unpaired) electrons. The summed E-state index contributed by atoms with van der Waals surface area (Å²) < 4.78 is 4.67. The SMILES string of the molecule is COC(=O)C(CSC)N1C(=O)c2ccccc2C1=O. The van der Waals surface area contributed by atoms with Crippen molar-refractivity contribution < 1.29 is 19.1 Å². The Morgan fingerprint density at radius 2 is 1.79 bits per heavy atom. The van der Waals surface area contributed by atoms with Crippen molar-refractivity contribution in [2.24, 2.45) is 0 Å². The second-order valence-corrected chi connectivity index (χ2v) is 4.93. The molecular formula is C13H13NO4S. The lowest BCUT2D eigenvalue weighted by molar-refractivity contribution is -0.144. The third-order valence-corrected chi connectivity index (χ3v) is 3.58. The number of hydrogen-bond acceptors (Lipinski definition) is 5. The molecule has 1 unspecified atom stereocenters. The van der Waals surface area contributed by atoms with Gasteiger partial charge < -0.3 is 4.74 Å². The largest absolute Gasteiger partial charge is 0.467 e. The van der Waals surface area contributed by atoms with E-state index in [0.717, 1.165) is 4.90 Å². The number of rotatable bonds is 4. The predicted octanol–water partition coefficient (Wildman–Crippen LogP) is 1.19. The van der Waals surface area contributed by atoms with Crippen molar-refractivity contribution in [3.05, 3.63) is 35.4 Å². The minimum Gasteiger partial charge on any atom is -0.467 e. The fourth-order valence-electron chi connectivity index (χ4n) is 2.03. The first-order valence-corrected chi connectivity index (χ1v) is 7.05. The van der Waals surface area contributed by atoms with Gasteiger partial charge >= 0.3 is 5.97 Å². The Morgan fingerprint density at radius 3 is 2.21 bits per heavy atom. The standard InChI is InChI=1S/C13H13NO4S/c1-18-13(17)10(7-19-2)14-11(15)8-5-3-4-6-9(8)12(14)16/h3-6,10H,7H2,1-2H3. The Morgan fingerprint density at radius 1 is 1.26 bits per heavy atom. The van der Waals surface area contributed by atoms with E-state index in [1.54, 1.807) is 30.5 Å². The summed E-state index contributed by atoms with van der Waals surface area (Å²) in [4.78, 5) is 37.2. The van der Waals surface area contributed by atoms with E-state index >= 15 is 0 Å². The topological polar surface area (TPSA) is 63.7 Å². The molecular weight excluding hydrogens is 266 g/mol. The minimum atomic E-state index is -0.882. The van der Waals surface area contributed by atoms with Crippen LogP contribution in [0.25, 0.3) is 0 Å². The Bertz CT molecular complexity index is 508. The van der Waals surface area contributed by atoms with Crippen molar-refractivity contribution in [2.75, 3.05) is 19.1 Å². The maximum absolute atomic E-state index is 12.2. The zero-order valence-corrected chi connectivity index (χ0v) is 11.4. The first-order chi connectivity index (χ1) is 9.11. The molecule has 6 heteroatoms. The van der Waals surface area contributed by atoms with Crippen LogP contribution in [0.4, 0.5) is 0 Å². The van der Waals surface area contributed by atoms with Gasteiger partial charge in [0, 0.05) is 5.75 Å². The number of fused-ring (bicyclic) bond motifs is 1. The Balaban J connectivity index is 2.39. The third kappa shape index (κ3) is 2.23. The molecule has 19 heavy (non-hydrogen) atoms. The lowest BCUT2D eigenvalue weighted by Gasteiger charge is -2.23. The summed E-state index contributed by atoms with van der Waals surface area (Å²) in [5.74, 6) is -1.14. The number of nitrogens with zero attached hydrogens (tertiary/aromatic N) is 1. The molecule has 0 saturated heterocycles. The van der Waals surface area contributed by atoms with Crippen molar-refractivity contribution >= 4 is 29.5 Å². The summed E-state index contributed by atoms with van der Waals surface area (Å²) in [6.45, 7) is 0. The number of thioether (sulfide) groups is 1. The van der Waals surface area contributed by atoms with Crippen LogP contribution >= 0.6 is 11.8 Å². The molecule has 5 nitrogen and oxygen atoms in total. The lowest BCUT2D eigenvalue weighted by Crippen LogP contribution is -2.47. The molecule has 1 aromatic rings. The maximum atomic E-state index is 12.2. The molecule has 0 bridgehead atoms. The molecule has 1 aromatic carbocycles. The number of esters is 1. The van der Waals surface area contributed by atoms with Crippen molar-refractivity contribution in [1.82, 2.24) is 4.90 Å². The van der Waals surface area contributed by atoms with E-state index in [-0.39, 0.29) is 0 Å². The van der Waals surface area contributed by atoms with Crippen LogP contribution in [0.15, 0.2) is 24.3 Å². The highest BCUT2D eigenvalue weighted by atomic mass is 32.2. The van der Waals surface area contributed by atoms with Crippen LogP contribution in [0.2, 0.25) is 0 Å². The summed E-state index contributed by atoms with van der Waals surface area (Å²) in [5, 5.41) is 0. The number of hydrogen-bond donors (Lipinski definition) is 0. The third-order valence-electron chi connectivity index (χ3n) is 2.93. The summed E-state index contributed by atoms with van der Waals surface area (Å²) in [7, 11) is 1.24. The average molecular weight is 279 g/mol. The minimum absolute atomic E-state index is 0.318. The Labute approximate surface area is 114 Å². The van der Waals surface area contributed by atoms with Gasteiger partial charge in [-0.1, -0.05) is 12.1 Å². The van der Waals surface area contributed by atoms with Crippen molar-refractivity contribution in [3.63, 3.8) is 0 Å². The van der Waals surface area contributed by atoms with Gasteiger partial charge in [-0.15, -0.1) is 0 Å². The van der Waals surface area contributed by atoms with Crippen molar-refractivity contribution in [3.8, 4) is 0 Å². The molecule has 0 aliphatic carbocycles. The van der Waals surface area contributed by atoms with Gasteiger partial charge in [0.25, 0.3) is 11.8 Å². The van der Waals surface area contributed by atoms with E-state index in [1.807, 2.05) is 0 Å². The summed E-state index contributed by atoms with van der Waals surface area (Å²) in [6.07, 6.45) is 1.80. The van der Waals surface area contributed by atoms with Gasteiger partial charge in [-0.25, -0.2) is 4.79 Å². The van der Waals surface area contributed by atoms with Gasteiger partial charge in [0.15, 0.2) is 0 Å². The van der Waals surface area contributed by atoms with Crippen LogP contribution in [0.5, 0.6) is 0 Å². The normalized spacial score (nSPS) is 15.4. The fourth-order valence-corrected chi connectivity index (χ4v) is 2.63. The number of imide groups is 1. The van der Waals surface area contributed by atoms with E-state index < -0.39 is 23.8 Å². The number of carbonyl (C=O) groups excluding carboxylic acids is 3. The predicted molar refractivity (Wildman–Crippen MR) is 71.1 cm³/mol. The number of methoxy groups -OCH3 is 1. The van der Waals surface area contributed by atoms with Gasteiger partial charge in [-0.05, 0) is 18.4 Å². The highest BCUT2D eigenvalue weighted by Gasteiger charge is 2.42. The molecule has 1 aliphatic rings. The Hall–Kier alpha value is -1.82. The second kappa shape index (κ2) is 5.44. The van der Waals surface area contributed by atoms with E-state index in [0.29, 0.717) is 16.9 Å². The van der Waals surface area contributed by atoms with Crippen LogP contribution in [0, 0.1) is 0 Å². The van der Waals surface area contributed by atoms with Crippen LogP contribution in [-0.4, -0.2) is 47.8 Å². The summed E-state index contributed by atoms with van der Waals surface area (Å²) in [6, 6.07) is 5.67. The van der Waals surface area contributed by atoms with Crippen LogP contribution in [-0.2, 0) is 9.53 Å². The zero-order valence-electron chi connectivity index (χ0n) is 10.6. The van der Waals surface area contributed by atoms with Crippen LogP contribution in [0.3, 0.4) is 0 Å².